The van der Waals surface area contributed by atoms with Gasteiger partial charge in [0, 0.05) is 9.40 Å². The van der Waals surface area contributed by atoms with E-state index >= 15 is 0 Å². The van der Waals surface area contributed by atoms with Crippen LogP contribution in [0.5, 0.6) is 0 Å². The lowest BCUT2D eigenvalue weighted by Crippen LogP contribution is -1.83. The fraction of sp³-hybridized carbons (Fsp3) is 0.125. The van der Waals surface area contributed by atoms with Crippen molar-refractivity contribution in [3.8, 4) is 0 Å². The van der Waals surface area contributed by atoms with Crippen molar-refractivity contribution >= 4 is 53.6 Å². The second-order valence-electron chi connectivity index (χ2n) is 4.78. The van der Waals surface area contributed by atoms with E-state index in [0.717, 1.165) is 0 Å². The molecular formula is C16H12S2. The van der Waals surface area contributed by atoms with Crippen molar-refractivity contribution in [2.75, 3.05) is 0 Å². The molecule has 0 fully saturated rings. The molecule has 2 aromatic heterocycles. The van der Waals surface area contributed by atoms with Crippen LogP contribution in [0.1, 0.15) is 11.1 Å². The molecule has 2 heteroatoms. The summed E-state index contributed by atoms with van der Waals surface area (Å²) in [4.78, 5) is 0. The second kappa shape index (κ2) is 3.56. The number of hydrogen-bond donors (Lipinski definition) is 0. The third kappa shape index (κ3) is 1.25. The van der Waals surface area contributed by atoms with Gasteiger partial charge in [-0.2, -0.15) is 0 Å². The molecule has 0 aliphatic heterocycles. The van der Waals surface area contributed by atoms with Crippen molar-refractivity contribution in [1.82, 2.24) is 0 Å². The molecule has 2 heterocycles. The van der Waals surface area contributed by atoms with E-state index < -0.39 is 0 Å². The second-order valence-corrected chi connectivity index (χ2v) is 6.61. The minimum atomic E-state index is 1.38. The number of aryl methyl sites for hydroxylation is 2. The van der Waals surface area contributed by atoms with Gasteiger partial charge in [-0.3, -0.25) is 0 Å². The van der Waals surface area contributed by atoms with Crippen LogP contribution >= 0.6 is 22.7 Å². The Morgan fingerprint density at radius 2 is 1.17 bits per heavy atom. The highest BCUT2D eigenvalue weighted by Crippen LogP contribution is 2.37. The van der Waals surface area contributed by atoms with Crippen molar-refractivity contribution in [2.45, 2.75) is 13.8 Å². The molecule has 0 nitrogen and oxygen atoms in total. The van der Waals surface area contributed by atoms with Crippen LogP contribution in [0.25, 0.3) is 30.9 Å². The fourth-order valence-electron chi connectivity index (χ4n) is 2.81. The lowest BCUT2D eigenvalue weighted by Gasteiger charge is -2.08. The Morgan fingerprint density at radius 3 is 1.61 bits per heavy atom. The largest absolute Gasteiger partial charge is 0.144 e. The van der Waals surface area contributed by atoms with Gasteiger partial charge >= 0.3 is 0 Å². The van der Waals surface area contributed by atoms with E-state index in [2.05, 4.69) is 48.9 Å². The molecule has 0 atom stereocenters. The van der Waals surface area contributed by atoms with Gasteiger partial charge in [-0.05, 0) is 81.5 Å². The van der Waals surface area contributed by atoms with E-state index in [1.54, 1.807) is 0 Å². The van der Waals surface area contributed by atoms with Crippen molar-refractivity contribution in [2.24, 2.45) is 0 Å². The molecule has 4 aromatic rings. The minimum absolute atomic E-state index is 1.38. The van der Waals surface area contributed by atoms with Gasteiger partial charge < -0.3 is 0 Å². The van der Waals surface area contributed by atoms with Gasteiger partial charge in [0.05, 0.1) is 0 Å². The Balaban J connectivity index is 2.36. The Labute approximate surface area is 113 Å². The summed E-state index contributed by atoms with van der Waals surface area (Å²) in [5.41, 5.74) is 2.85. The summed E-state index contributed by atoms with van der Waals surface area (Å²) >= 11 is 3.69. The van der Waals surface area contributed by atoms with Crippen LogP contribution in [0.2, 0.25) is 0 Å². The van der Waals surface area contributed by atoms with Crippen LogP contribution < -0.4 is 0 Å². The standard InChI is InChI=1S/C16H12S2/c1-9-13-7-12-4-6-18-16(12)10(2)14(13)8-11-3-5-17-15(9)11/h3-8H,1-2H3. The Bertz CT molecular complexity index is 818. The first kappa shape index (κ1) is 10.5. The molecule has 0 saturated carbocycles. The highest BCUT2D eigenvalue weighted by atomic mass is 32.1. The van der Waals surface area contributed by atoms with E-state index in [9.17, 15) is 0 Å². The molecule has 88 valence electrons. The lowest BCUT2D eigenvalue weighted by atomic mass is 9.98. The van der Waals surface area contributed by atoms with Gasteiger partial charge in [-0.1, -0.05) is 0 Å². The normalized spacial score (nSPS) is 11.9. The summed E-state index contributed by atoms with van der Waals surface area (Å²) < 4.78 is 2.85. The van der Waals surface area contributed by atoms with E-state index in [0.29, 0.717) is 0 Å². The fourth-order valence-corrected chi connectivity index (χ4v) is 4.61. The van der Waals surface area contributed by atoms with Crippen LogP contribution in [0.15, 0.2) is 35.0 Å². The first-order valence-electron chi connectivity index (χ1n) is 6.03. The Morgan fingerprint density at radius 1 is 0.722 bits per heavy atom. The number of fused-ring (bicyclic) bond motifs is 3. The highest BCUT2D eigenvalue weighted by molar-refractivity contribution is 7.18. The predicted molar refractivity (Wildman–Crippen MR) is 84.2 cm³/mol. The van der Waals surface area contributed by atoms with E-state index in [1.165, 1.54) is 42.1 Å². The van der Waals surface area contributed by atoms with Crippen LogP contribution in [0.3, 0.4) is 0 Å². The maximum atomic E-state index is 2.35. The average molecular weight is 268 g/mol. The third-order valence-electron chi connectivity index (χ3n) is 3.77. The molecular weight excluding hydrogens is 256 g/mol. The number of rotatable bonds is 0. The first-order valence-corrected chi connectivity index (χ1v) is 7.79. The minimum Gasteiger partial charge on any atom is -0.144 e. The molecule has 0 aliphatic rings. The zero-order chi connectivity index (χ0) is 12.3. The molecule has 0 unspecified atom stereocenters. The van der Waals surface area contributed by atoms with Gasteiger partial charge in [0.25, 0.3) is 0 Å². The molecule has 18 heavy (non-hydrogen) atoms. The quantitative estimate of drug-likeness (QED) is 0.373. The first-order chi connectivity index (χ1) is 8.75. The summed E-state index contributed by atoms with van der Waals surface area (Å²) in [6.45, 7) is 4.50. The zero-order valence-electron chi connectivity index (χ0n) is 10.3. The molecule has 0 bridgehead atoms. The summed E-state index contributed by atoms with van der Waals surface area (Å²) in [5.74, 6) is 0. The summed E-state index contributed by atoms with van der Waals surface area (Å²) in [6, 6.07) is 9.15. The zero-order valence-corrected chi connectivity index (χ0v) is 11.9. The number of hydrogen-bond acceptors (Lipinski definition) is 2. The summed E-state index contributed by atoms with van der Waals surface area (Å²) in [6.07, 6.45) is 0. The molecule has 0 spiro atoms. The van der Waals surface area contributed by atoms with Gasteiger partial charge in [-0.25, -0.2) is 0 Å². The Hall–Kier alpha value is -1.38. The third-order valence-corrected chi connectivity index (χ3v) is 5.87. The van der Waals surface area contributed by atoms with Crippen LogP contribution in [-0.2, 0) is 0 Å². The van der Waals surface area contributed by atoms with Gasteiger partial charge in [-0.15, -0.1) is 22.7 Å². The molecule has 4 rings (SSSR count). The van der Waals surface area contributed by atoms with Crippen LogP contribution in [-0.4, -0.2) is 0 Å². The van der Waals surface area contributed by atoms with E-state index in [4.69, 9.17) is 0 Å². The summed E-state index contributed by atoms with van der Waals surface area (Å²) in [7, 11) is 0. The van der Waals surface area contributed by atoms with Crippen LogP contribution in [0, 0.1) is 13.8 Å². The molecule has 0 saturated heterocycles. The number of thiophene rings is 2. The Kier molecular flexibility index (Phi) is 2.08. The van der Waals surface area contributed by atoms with Gasteiger partial charge in [0.15, 0.2) is 0 Å². The highest BCUT2D eigenvalue weighted by Gasteiger charge is 2.10. The van der Waals surface area contributed by atoms with Gasteiger partial charge in [0.1, 0.15) is 0 Å². The lowest BCUT2D eigenvalue weighted by molar-refractivity contribution is 1.58. The SMILES string of the molecule is Cc1c2cc3ccsc3c(C)c2cc2ccsc12. The van der Waals surface area contributed by atoms with Crippen LogP contribution in [0.4, 0.5) is 0 Å². The van der Waals surface area contributed by atoms with Gasteiger partial charge in [0.2, 0.25) is 0 Å². The molecule has 0 aliphatic carbocycles. The van der Waals surface area contributed by atoms with Crippen molar-refractivity contribution in [3.63, 3.8) is 0 Å². The maximum absolute atomic E-state index is 2.35. The molecule has 0 amide bonds. The average Bonchev–Trinajstić information content (AvgIpc) is 2.99. The monoisotopic (exact) mass is 268 g/mol. The summed E-state index contributed by atoms with van der Waals surface area (Å²) in [5, 5.41) is 9.96. The topological polar surface area (TPSA) is 0 Å². The van der Waals surface area contributed by atoms with Crippen molar-refractivity contribution in [1.29, 1.82) is 0 Å². The van der Waals surface area contributed by atoms with E-state index in [1.807, 2.05) is 22.7 Å². The smallest absolute Gasteiger partial charge is 0.0378 e. The molecule has 2 aromatic carbocycles. The maximum Gasteiger partial charge on any atom is 0.0378 e. The predicted octanol–water partition coefficient (Wildman–Crippen LogP) is 5.89. The molecule has 0 N–H and O–H groups in total. The number of benzene rings is 2. The van der Waals surface area contributed by atoms with Crippen molar-refractivity contribution < 1.29 is 0 Å². The molecule has 0 radical (unpaired) electrons. The van der Waals surface area contributed by atoms with E-state index in [-0.39, 0.29) is 0 Å². The van der Waals surface area contributed by atoms with Crippen molar-refractivity contribution in [3.05, 3.63) is 46.2 Å².